The molecule has 0 fully saturated rings. The summed E-state index contributed by atoms with van der Waals surface area (Å²) in [6, 6.07) is 57.5. The van der Waals surface area contributed by atoms with Gasteiger partial charge in [-0.25, -0.2) is 0 Å². The van der Waals surface area contributed by atoms with Gasteiger partial charge in [0.25, 0.3) is 0 Å². The van der Waals surface area contributed by atoms with E-state index in [0.29, 0.717) is 0 Å². The summed E-state index contributed by atoms with van der Waals surface area (Å²) in [6.07, 6.45) is 0. The number of fused-ring (bicyclic) bond motifs is 4. The Morgan fingerprint density at radius 2 is 0.675 bits per heavy atom. The van der Waals surface area contributed by atoms with Crippen LogP contribution >= 0.6 is 0 Å². The lowest BCUT2D eigenvalue weighted by Gasteiger charge is -2.22. The van der Waals surface area contributed by atoms with Crippen molar-refractivity contribution < 1.29 is 0 Å². The Bertz CT molecular complexity index is 2190. The standard InChI is InChI=1S/C40H26/c1-2-13-29(14-3-1)32-23-12-26-37-38(33-24-10-17-27-15-4-6-19-30(27)33)35-21-8-9-22-36(35)40(39(32)37)34-25-11-18-28-16-5-7-20-31(28)34/h1-26H. The molecule has 0 spiro atoms. The monoisotopic (exact) mass is 506 g/mol. The smallest absolute Gasteiger partial charge is 0.00139 e. The predicted molar refractivity (Wildman–Crippen MR) is 173 cm³/mol. The van der Waals surface area contributed by atoms with Crippen LogP contribution in [0.15, 0.2) is 158 Å². The molecule has 0 bridgehead atoms. The third-order valence-corrected chi connectivity index (χ3v) is 8.25. The van der Waals surface area contributed by atoms with Gasteiger partial charge in [-0.15, -0.1) is 0 Å². The van der Waals surface area contributed by atoms with E-state index in [1.54, 1.807) is 0 Å². The highest BCUT2D eigenvalue weighted by Gasteiger charge is 2.21. The lowest BCUT2D eigenvalue weighted by molar-refractivity contribution is 1.64. The van der Waals surface area contributed by atoms with Crippen molar-refractivity contribution in [2.45, 2.75) is 0 Å². The highest BCUT2D eigenvalue weighted by atomic mass is 14.2. The van der Waals surface area contributed by atoms with Gasteiger partial charge < -0.3 is 0 Å². The second-order valence-electron chi connectivity index (χ2n) is 10.4. The van der Waals surface area contributed by atoms with Gasteiger partial charge in [0, 0.05) is 0 Å². The molecule has 0 heteroatoms. The molecule has 0 atom stereocenters. The molecule has 0 saturated carbocycles. The molecule has 0 N–H and O–H groups in total. The molecule has 8 aromatic carbocycles. The molecule has 0 aliphatic rings. The maximum absolute atomic E-state index is 2.32. The third kappa shape index (κ3) is 3.47. The average molecular weight is 507 g/mol. The summed E-state index contributed by atoms with van der Waals surface area (Å²) in [4.78, 5) is 0. The lowest BCUT2D eigenvalue weighted by Crippen LogP contribution is -1.94. The van der Waals surface area contributed by atoms with Gasteiger partial charge in [-0.05, 0) is 76.5 Å². The molecule has 186 valence electrons. The maximum Gasteiger partial charge on any atom is -0.00139 e. The van der Waals surface area contributed by atoms with Crippen molar-refractivity contribution in [3.63, 3.8) is 0 Å². The Labute approximate surface area is 233 Å². The summed E-state index contributed by atoms with van der Waals surface area (Å²) in [5.74, 6) is 0. The molecule has 8 aromatic rings. The highest BCUT2D eigenvalue weighted by Crippen LogP contribution is 2.49. The van der Waals surface area contributed by atoms with Crippen LogP contribution in [0.4, 0.5) is 0 Å². The second-order valence-corrected chi connectivity index (χ2v) is 10.4. The van der Waals surface area contributed by atoms with Gasteiger partial charge in [-0.1, -0.05) is 158 Å². The normalized spacial score (nSPS) is 11.5. The SMILES string of the molecule is c1ccc(-c2cccc3c(-c4cccc5ccccc45)c4ccccc4c(-c4cccc5ccccc45)c23)cc1. The second kappa shape index (κ2) is 9.22. The quantitative estimate of drug-likeness (QED) is 0.209. The Balaban J connectivity index is 1.64. The predicted octanol–water partition coefficient (Wildman–Crippen LogP) is 11.3. The lowest BCUT2D eigenvalue weighted by atomic mass is 9.81. The van der Waals surface area contributed by atoms with Gasteiger partial charge in [0.15, 0.2) is 0 Å². The van der Waals surface area contributed by atoms with Crippen LogP contribution in [0.5, 0.6) is 0 Å². The van der Waals surface area contributed by atoms with Crippen molar-refractivity contribution in [3.05, 3.63) is 158 Å². The summed E-state index contributed by atoms with van der Waals surface area (Å²) in [5.41, 5.74) is 7.62. The van der Waals surface area contributed by atoms with Crippen LogP contribution in [0.3, 0.4) is 0 Å². The molecule has 0 heterocycles. The Morgan fingerprint density at radius 3 is 1.32 bits per heavy atom. The van der Waals surface area contributed by atoms with Crippen LogP contribution in [0.2, 0.25) is 0 Å². The number of hydrogen-bond acceptors (Lipinski definition) is 0. The average Bonchev–Trinajstić information content (AvgIpc) is 3.03. The first-order valence-corrected chi connectivity index (χ1v) is 13.9. The molecule has 0 saturated heterocycles. The minimum absolute atomic E-state index is 1.23. The van der Waals surface area contributed by atoms with Gasteiger partial charge in [0.05, 0.1) is 0 Å². The first kappa shape index (κ1) is 22.8. The first-order valence-electron chi connectivity index (χ1n) is 13.9. The zero-order valence-electron chi connectivity index (χ0n) is 22.0. The van der Waals surface area contributed by atoms with Crippen LogP contribution < -0.4 is 0 Å². The molecule has 0 unspecified atom stereocenters. The molecule has 0 nitrogen and oxygen atoms in total. The molecular weight excluding hydrogens is 480 g/mol. The summed E-state index contributed by atoms with van der Waals surface area (Å²) < 4.78 is 0. The number of rotatable bonds is 3. The summed E-state index contributed by atoms with van der Waals surface area (Å²) in [6.45, 7) is 0. The fraction of sp³-hybridized carbons (Fsp3) is 0. The van der Waals surface area contributed by atoms with E-state index in [9.17, 15) is 0 Å². The zero-order valence-corrected chi connectivity index (χ0v) is 22.0. The summed E-state index contributed by atoms with van der Waals surface area (Å²) in [5, 5.41) is 10.2. The van der Waals surface area contributed by atoms with E-state index in [0.717, 1.165) is 0 Å². The largest absolute Gasteiger partial charge is 0.0622 e. The van der Waals surface area contributed by atoms with E-state index in [1.165, 1.54) is 76.5 Å². The molecule has 40 heavy (non-hydrogen) atoms. The summed E-state index contributed by atoms with van der Waals surface area (Å²) in [7, 11) is 0. The zero-order chi connectivity index (χ0) is 26.5. The molecular formula is C40H26. The van der Waals surface area contributed by atoms with Crippen LogP contribution in [0, 0.1) is 0 Å². The fourth-order valence-electron chi connectivity index (χ4n) is 6.54. The number of hydrogen-bond donors (Lipinski definition) is 0. The number of benzene rings is 8. The van der Waals surface area contributed by atoms with Crippen LogP contribution in [0.25, 0.3) is 76.5 Å². The van der Waals surface area contributed by atoms with Crippen molar-refractivity contribution in [2.75, 3.05) is 0 Å². The summed E-state index contributed by atoms with van der Waals surface area (Å²) >= 11 is 0. The van der Waals surface area contributed by atoms with E-state index in [4.69, 9.17) is 0 Å². The van der Waals surface area contributed by atoms with E-state index in [1.807, 2.05) is 0 Å². The van der Waals surface area contributed by atoms with Crippen molar-refractivity contribution in [1.29, 1.82) is 0 Å². The Morgan fingerprint density at radius 1 is 0.250 bits per heavy atom. The molecule has 0 radical (unpaired) electrons. The molecule has 0 amide bonds. The fourth-order valence-corrected chi connectivity index (χ4v) is 6.54. The third-order valence-electron chi connectivity index (χ3n) is 8.25. The van der Waals surface area contributed by atoms with Crippen LogP contribution in [-0.2, 0) is 0 Å². The molecule has 0 aliphatic carbocycles. The topological polar surface area (TPSA) is 0 Å². The van der Waals surface area contributed by atoms with Gasteiger partial charge in [-0.3, -0.25) is 0 Å². The van der Waals surface area contributed by atoms with Gasteiger partial charge in [0.1, 0.15) is 0 Å². The van der Waals surface area contributed by atoms with Gasteiger partial charge in [-0.2, -0.15) is 0 Å². The van der Waals surface area contributed by atoms with Crippen molar-refractivity contribution >= 4 is 43.1 Å². The van der Waals surface area contributed by atoms with Crippen LogP contribution in [-0.4, -0.2) is 0 Å². The van der Waals surface area contributed by atoms with E-state index >= 15 is 0 Å². The Hall–Kier alpha value is -5.20. The highest BCUT2D eigenvalue weighted by molar-refractivity contribution is 6.27. The minimum Gasteiger partial charge on any atom is -0.0622 e. The van der Waals surface area contributed by atoms with Crippen LogP contribution in [0.1, 0.15) is 0 Å². The van der Waals surface area contributed by atoms with E-state index in [-0.39, 0.29) is 0 Å². The maximum atomic E-state index is 2.32. The van der Waals surface area contributed by atoms with Crippen molar-refractivity contribution in [1.82, 2.24) is 0 Å². The van der Waals surface area contributed by atoms with E-state index < -0.39 is 0 Å². The van der Waals surface area contributed by atoms with E-state index in [2.05, 4.69) is 158 Å². The first-order chi connectivity index (χ1) is 19.9. The van der Waals surface area contributed by atoms with Gasteiger partial charge >= 0.3 is 0 Å². The van der Waals surface area contributed by atoms with Crippen molar-refractivity contribution in [3.8, 4) is 33.4 Å². The molecule has 0 aromatic heterocycles. The van der Waals surface area contributed by atoms with Crippen molar-refractivity contribution in [2.24, 2.45) is 0 Å². The minimum atomic E-state index is 1.23. The molecule has 8 rings (SSSR count). The van der Waals surface area contributed by atoms with Gasteiger partial charge in [0.2, 0.25) is 0 Å². The molecule has 0 aliphatic heterocycles. The Kier molecular flexibility index (Phi) is 5.24.